The number of amides is 1. The first-order valence-corrected chi connectivity index (χ1v) is 7.70. The lowest BCUT2D eigenvalue weighted by Crippen LogP contribution is -2.18. The Bertz CT molecular complexity index is 737. The topological polar surface area (TPSA) is 55.1 Å². The first-order chi connectivity index (χ1) is 9.90. The van der Waals surface area contributed by atoms with Crippen molar-refractivity contribution in [3.8, 4) is 0 Å². The number of hydrogen-bond donors (Lipinski definition) is 2. The molecule has 7 heteroatoms. The van der Waals surface area contributed by atoms with E-state index in [2.05, 4.69) is 21.2 Å². The second-order valence-electron chi connectivity index (χ2n) is 4.11. The SMILES string of the molecule is NC(=S)c1ccc(Br)cc1NC(=O)c1cccc(Cl)c1Cl. The molecule has 0 saturated carbocycles. The second-order valence-corrected chi connectivity index (χ2v) is 6.25. The molecule has 0 fully saturated rings. The molecule has 0 spiro atoms. The highest BCUT2D eigenvalue weighted by Crippen LogP contribution is 2.27. The highest BCUT2D eigenvalue weighted by molar-refractivity contribution is 9.10. The van der Waals surface area contributed by atoms with E-state index in [1.54, 1.807) is 36.4 Å². The van der Waals surface area contributed by atoms with Gasteiger partial charge in [0, 0.05) is 10.0 Å². The molecule has 0 bridgehead atoms. The summed E-state index contributed by atoms with van der Waals surface area (Å²) in [5, 5.41) is 3.25. The van der Waals surface area contributed by atoms with Gasteiger partial charge in [-0.2, -0.15) is 0 Å². The first-order valence-electron chi connectivity index (χ1n) is 5.75. The van der Waals surface area contributed by atoms with Crippen LogP contribution in [0.5, 0.6) is 0 Å². The Balaban J connectivity index is 2.38. The summed E-state index contributed by atoms with van der Waals surface area (Å²) in [6.45, 7) is 0. The maximum Gasteiger partial charge on any atom is 0.257 e. The first kappa shape index (κ1) is 16.2. The van der Waals surface area contributed by atoms with Gasteiger partial charge in [-0.3, -0.25) is 4.79 Å². The number of thiocarbonyl (C=S) groups is 1. The maximum absolute atomic E-state index is 12.3. The average molecular weight is 404 g/mol. The van der Waals surface area contributed by atoms with Gasteiger partial charge >= 0.3 is 0 Å². The molecule has 0 aliphatic heterocycles. The summed E-state index contributed by atoms with van der Waals surface area (Å²) in [7, 11) is 0. The Kier molecular flexibility index (Phi) is 5.22. The minimum absolute atomic E-state index is 0.190. The highest BCUT2D eigenvalue weighted by atomic mass is 79.9. The smallest absolute Gasteiger partial charge is 0.257 e. The molecule has 0 atom stereocenters. The van der Waals surface area contributed by atoms with Crippen LogP contribution in [-0.2, 0) is 0 Å². The van der Waals surface area contributed by atoms with Crippen LogP contribution in [-0.4, -0.2) is 10.9 Å². The third-order valence-corrected chi connectivity index (χ3v) is 4.22. The van der Waals surface area contributed by atoms with Crippen LogP contribution in [0, 0.1) is 0 Å². The van der Waals surface area contributed by atoms with Crippen LogP contribution in [0.25, 0.3) is 0 Å². The third kappa shape index (κ3) is 3.74. The van der Waals surface area contributed by atoms with E-state index in [0.29, 0.717) is 16.3 Å². The van der Waals surface area contributed by atoms with E-state index in [0.717, 1.165) is 4.47 Å². The number of carbonyl (C=O) groups excluding carboxylic acids is 1. The van der Waals surface area contributed by atoms with Crippen molar-refractivity contribution >= 4 is 67.9 Å². The Hall–Kier alpha value is -1.14. The van der Waals surface area contributed by atoms with Gasteiger partial charge in [-0.15, -0.1) is 0 Å². The van der Waals surface area contributed by atoms with E-state index in [-0.39, 0.29) is 15.6 Å². The zero-order valence-electron chi connectivity index (χ0n) is 10.5. The lowest BCUT2D eigenvalue weighted by Gasteiger charge is -2.12. The van der Waals surface area contributed by atoms with Gasteiger partial charge in [0.2, 0.25) is 0 Å². The van der Waals surface area contributed by atoms with Crippen LogP contribution in [0.1, 0.15) is 15.9 Å². The van der Waals surface area contributed by atoms with Crippen molar-refractivity contribution in [3.05, 3.63) is 62.0 Å². The highest BCUT2D eigenvalue weighted by Gasteiger charge is 2.15. The summed E-state index contributed by atoms with van der Waals surface area (Å²) >= 11 is 20.3. The lowest BCUT2D eigenvalue weighted by molar-refractivity contribution is 0.102. The summed E-state index contributed by atoms with van der Waals surface area (Å²) in [6, 6.07) is 10.1. The van der Waals surface area contributed by atoms with Gasteiger partial charge in [0.05, 0.1) is 21.3 Å². The van der Waals surface area contributed by atoms with E-state index >= 15 is 0 Å². The average Bonchev–Trinajstić information content (AvgIpc) is 2.41. The van der Waals surface area contributed by atoms with Gasteiger partial charge in [-0.05, 0) is 30.3 Å². The molecular formula is C14H9BrCl2N2OS. The monoisotopic (exact) mass is 402 g/mol. The van der Waals surface area contributed by atoms with Crippen molar-refractivity contribution in [2.45, 2.75) is 0 Å². The van der Waals surface area contributed by atoms with Crippen LogP contribution < -0.4 is 11.1 Å². The van der Waals surface area contributed by atoms with E-state index in [1.165, 1.54) is 0 Å². The van der Waals surface area contributed by atoms with Gasteiger partial charge in [0.25, 0.3) is 5.91 Å². The molecule has 3 nitrogen and oxygen atoms in total. The van der Waals surface area contributed by atoms with Gasteiger partial charge < -0.3 is 11.1 Å². The fourth-order valence-electron chi connectivity index (χ4n) is 1.70. The molecular weight excluding hydrogens is 395 g/mol. The molecule has 0 heterocycles. The molecule has 3 N–H and O–H groups in total. The zero-order chi connectivity index (χ0) is 15.6. The molecule has 108 valence electrons. The number of halogens is 3. The van der Waals surface area contributed by atoms with Crippen molar-refractivity contribution in [1.82, 2.24) is 0 Å². The van der Waals surface area contributed by atoms with Crippen molar-refractivity contribution in [1.29, 1.82) is 0 Å². The van der Waals surface area contributed by atoms with Crippen LogP contribution in [0.4, 0.5) is 5.69 Å². The largest absolute Gasteiger partial charge is 0.389 e. The Labute approximate surface area is 145 Å². The third-order valence-electron chi connectivity index (χ3n) is 2.69. The summed E-state index contributed by atoms with van der Waals surface area (Å²) in [4.78, 5) is 12.5. The summed E-state index contributed by atoms with van der Waals surface area (Å²) in [5.41, 5.74) is 6.99. The number of anilines is 1. The molecule has 0 aliphatic carbocycles. The fourth-order valence-corrected chi connectivity index (χ4v) is 2.63. The van der Waals surface area contributed by atoms with Crippen molar-refractivity contribution < 1.29 is 4.79 Å². The Morgan fingerprint density at radius 3 is 2.57 bits per heavy atom. The minimum Gasteiger partial charge on any atom is -0.389 e. The number of nitrogens with one attached hydrogen (secondary N) is 1. The Morgan fingerprint density at radius 2 is 1.90 bits per heavy atom. The predicted molar refractivity (Wildman–Crippen MR) is 94.4 cm³/mol. The van der Waals surface area contributed by atoms with Crippen molar-refractivity contribution in [2.75, 3.05) is 5.32 Å². The van der Waals surface area contributed by atoms with Crippen LogP contribution >= 0.6 is 51.3 Å². The zero-order valence-corrected chi connectivity index (χ0v) is 14.4. The van der Waals surface area contributed by atoms with Crippen LogP contribution in [0.3, 0.4) is 0 Å². The number of carbonyl (C=O) groups is 1. The van der Waals surface area contributed by atoms with E-state index in [9.17, 15) is 4.79 Å². The number of rotatable bonds is 3. The molecule has 21 heavy (non-hydrogen) atoms. The summed E-state index contributed by atoms with van der Waals surface area (Å²) in [6.07, 6.45) is 0. The molecule has 0 unspecified atom stereocenters. The van der Waals surface area contributed by atoms with Crippen molar-refractivity contribution in [2.24, 2.45) is 5.73 Å². The van der Waals surface area contributed by atoms with Crippen LogP contribution in [0.2, 0.25) is 10.0 Å². The molecule has 2 aromatic carbocycles. The summed E-state index contributed by atoms with van der Waals surface area (Å²) < 4.78 is 0.787. The predicted octanol–water partition coefficient (Wildman–Crippen LogP) is 4.64. The Morgan fingerprint density at radius 1 is 1.19 bits per heavy atom. The maximum atomic E-state index is 12.3. The molecule has 0 radical (unpaired) electrons. The molecule has 2 aromatic rings. The minimum atomic E-state index is -0.391. The van der Waals surface area contributed by atoms with Gasteiger partial charge in [0.15, 0.2) is 0 Å². The van der Waals surface area contributed by atoms with E-state index < -0.39 is 5.91 Å². The number of benzene rings is 2. The quantitative estimate of drug-likeness (QED) is 0.733. The molecule has 0 saturated heterocycles. The second kappa shape index (κ2) is 6.75. The normalized spacial score (nSPS) is 10.2. The molecule has 1 amide bonds. The molecule has 0 aliphatic rings. The van der Waals surface area contributed by atoms with Gasteiger partial charge in [0.1, 0.15) is 4.99 Å². The number of nitrogens with two attached hydrogens (primary N) is 1. The number of hydrogen-bond acceptors (Lipinski definition) is 2. The standard InChI is InChI=1S/C14H9BrCl2N2OS/c15-7-4-5-8(13(18)21)11(6-7)19-14(20)9-2-1-3-10(16)12(9)17/h1-6H,(H2,18,21)(H,19,20). The van der Waals surface area contributed by atoms with Crippen LogP contribution in [0.15, 0.2) is 40.9 Å². The van der Waals surface area contributed by atoms with E-state index in [1.807, 2.05) is 0 Å². The lowest BCUT2D eigenvalue weighted by atomic mass is 10.1. The van der Waals surface area contributed by atoms with Gasteiger partial charge in [-0.1, -0.05) is 57.4 Å². The van der Waals surface area contributed by atoms with E-state index in [4.69, 9.17) is 41.2 Å². The van der Waals surface area contributed by atoms with Gasteiger partial charge in [-0.25, -0.2) is 0 Å². The summed E-state index contributed by atoms with van der Waals surface area (Å²) in [5.74, 6) is -0.391. The van der Waals surface area contributed by atoms with Crippen molar-refractivity contribution in [3.63, 3.8) is 0 Å². The molecule has 0 aromatic heterocycles. The fraction of sp³-hybridized carbons (Fsp3) is 0. The molecule has 2 rings (SSSR count).